The van der Waals surface area contributed by atoms with Crippen LogP contribution in [0.25, 0.3) is 10.8 Å². The number of alkyl halides is 1. The molecular weight excluding hydrogens is 280 g/mol. The minimum atomic E-state index is -0.653. The Labute approximate surface area is 119 Å². The first-order valence-corrected chi connectivity index (χ1v) is 6.36. The van der Waals surface area contributed by atoms with E-state index in [0.29, 0.717) is 27.6 Å². The summed E-state index contributed by atoms with van der Waals surface area (Å²) in [6.07, 6.45) is 0. The van der Waals surface area contributed by atoms with Gasteiger partial charge in [0.2, 0.25) is 0 Å². The molecule has 0 atom stereocenters. The highest BCUT2D eigenvalue weighted by Crippen LogP contribution is 2.34. The highest BCUT2D eigenvalue weighted by Gasteiger charge is 2.27. The molecule has 1 heterocycles. The lowest BCUT2D eigenvalue weighted by Gasteiger charge is -2.16. The van der Waals surface area contributed by atoms with Crippen LogP contribution >= 0.6 is 11.6 Å². The summed E-state index contributed by atoms with van der Waals surface area (Å²) in [5.41, 5.74) is 6.89. The molecule has 0 bridgehead atoms. The van der Waals surface area contributed by atoms with Gasteiger partial charge in [-0.1, -0.05) is 12.1 Å². The third-order valence-electron chi connectivity index (χ3n) is 3.04. The first-order chi connectivity index (χ1) is 9.61. The zero-order chi connectivity index (χ0) is 14.3. The Balaban J connectivity index is 2.38. The molecule has 0 aliphatic carbocycles. The van der Waals surface area contributed by atoms with Crippen LogP contribution in [0.2, 0.25) is 0 Å². The van der Waals surface area contributed by atoms with Gasteiger partial charge in [0.05, 0.1) is 22.7 Å². The lowest BCUT2D eigenvalue weighted by molar-refractivity contribution is 0.0391. The van der Waals surface area contributed by atoms with E-state index < -0.39 is 11.9 Å². The molecule has 6 heteroatoms. The second kappa shape index (κ2) is 4.61. The van der Waals surface area contributed by atoms with Crippen LogP contribution in [0.4, 0.5) is 5.69 Å². The van der Waals surface area contributed by atoms with Crippen LogP contribution in [0.1, 0.15) is 20.7 Å². The van der Waals surface area contributed by atoms with Crippen molar-refractivity contribution in [1.82, 2.24) is 0 Å². The van der Waals surface area contributed by atoms with Gasteiger partial charge < -0.3 is 10.5 Å². The Morgan fingerprint density at radius 2 is 1.85 bits per heavy atom. The van der Waals surface area contributed by atoms with E-state index in [1.165, 1.54) is 0 Å². The number of esters is 2. The second-order valence-corrected chi connectivity index (χ2v) is 4.54. The van der Waals surface area contributed by atoms with E-state index in [2.05, 4.69) is 9.73 Å². The quantitative estimate of drug-likeness (QED) is 0.302. The predicted octanol–water partition coefficient (Wildman–Crippen LogP) is 2.38. The van der Waals surface area contributed by atoms with Crippen molar-refractivity contribution in [3.05, 3.63) is 41.5 Å². The fourth-order valence-electron chi connectivity index (χ4n) is 2.21. The van der Waals surface area contributed by atoms with Crippen LogP contribution in [0.3, 0.4) is 0 Å². The standard InChI is InChI=1S/C14H9ClN2O3/c15-6-11(16)17-10-5-4-9-12-7(10)2-1-3-8(12)13(18)20-14(9)19/h1-5H,6H2,(H2,16,17). The average Bonchev–Trinajstić information content (AvgIpc) is 2.45. The number of benzene rings is 2. The summed E-state index contributed by atoms with van der Waals surface area (Å²) in [6.45, 7) is 0. The molecule has 1 aliphatic rings. The molecule has 0 saturated heterocycles. The molecule has 2 N–H and O–H groups in total. The topological polar surface area (TPSA) is 81.8 Å². The van der Waals surface area contributed by atoms with Gasteiger partial charge in [0.25, 0.3) is 0 Å². The van der Waals surface area contributed by atoms with Gasteiger partial charge >= 0.3 is 11.9 Å². The van der Waals surface area contributed by atoms with Gasteiger partial charge in [-0.2, -0.15) is 0 Å². The average molecular weight is 289 g/mol. The summed E-state index contributed by atoms with van der Waals surface area (Å²) >= 11 is 5.62. The maximum Gasteiger partial charge on any atom is 0.346 e. The van der Waals surface area contributed by atoms with Crippen molar-refractivity contribution < 1.29 is 14.3 Å². The van der Waals surface area contributed by atoms with Crippen molar-refractivity contribution in [1.29, 1.82) is 0 Å². The summed E-state index contributed by atoms with van der Waals surface area (Å²) in [4.78, 5) is 27.7. The molecule has 1 aliphatic heterocycles. The van der Waals surface area contributed by atoms with Gasteiger partial charge in [-0.15, -0.1) is 11.6 Å². The smallest absolute Gasteiger partial charge is 0.346 e. The molecule has 2 aromatic rings. The lowest BCUT2D eigenvalue weighted by Crippen LogP contribution is -2.19. The molecule has 5 nitrogen and oxygen atoms in total. The molecule has 0 saturated carbocycles. The molecule has 20 heavy (non-hydrogen) atoms. The molecule has 0 amide bonds. The fraction of sp³-hybridized carbons (Fsp3) is 0.0714. The number of carbonyl (C=O) groups is 2. The molecule has 2 aromatic carbocycles. The predicted molar refractivity (Wildman–Crippen MR) is 75.7 cm³/mol. The van der Waals surface area contributed by atoms with Crippen LogP contribution in [-0.2, 0) is 4.74 Å². The van der Waals surface area contributed by atoms with Crippen molar-refractivity contribution in [3.8, 4) is 0 Å². The minimum absolute atomic E-state index is 0.101. The van der Waals surface area contributed by atoms with Crippen molar-refractivity contribution in [2.45, 2.75) is 0 Å². The largest absolute Gasteiger partial charge is 0.386 e. The first kappa shape index (κ1) is 12.6. The summed E-state index contributed by atoms with van der Waals surface area (Å²) in [5, 5.41) is 1.20. The Morgan fingerprint density at radius 1 is 1.15 bits per heavy atom. The molecule has 3 rings (SSSR count). The van der Waals surface area contributed by atoms with Crippen molar-refractivity contribution >= 4 is 45.8 Å². The van der Waals surface area contributed by atoms with E-state index in [0.717, 1.165) is 0 Å². The van der Waals surface area contributed by atoms with Crippen LogP contribution in [0, 0.1) is 0 Å². The lowest BCUT2D eigenvalue weighted by atomic mass is 9.96. The highest BCUT2D eigenvalue weighted by molar-refractivity contribution is 6.28. The number of ether oxygens (including phenoxy) is 1. The van der Waals surface area contributed by atoms with Crippen molar-refractivity contribution in [2.24, 2.45) is 10.7 Å². The summed E-state index contributed by atoms with van der Waals surface area (Å²) in [7, 11) is 0. The monoisotopic (exact) mass is 288 g/mol. The maximum atomic E-state index is 11.7. The first-order valence-electron chi connectivity index (χ1n) is 5.83. The number of nitrogens with two attached hydrogens (primary N) is 1. The number of rotatable bonds is 2. The van der Waals surface area contributed by atoms with Gasteiger partial charge in [-0.25, -0.2) is 14.6 Å². The van der Waals surface area contributed by atoms with E-state index >= 15 is 0 Å². The van der Waals surface area contributed by atoms with Crippen molar-refractivity contribution in [3.63, 3.8) is 0 Å². The number of aliphatic imine (C=N–C) groups is 1. The molecule has 0 aromatic heterocycles. The molecule has 0 unspecified atom stereocenters. The van der Waals surface area contributed by atoms with Crippen LogP contribution in [0.15, 0.2) is 35.3 Å². The van der Waals surface area contributed by atoms with E-state index in [1.807, 2.05) is 0 Å². The zero-order valence-corrected chi connectivity index (χ0v) is 11.0. The van der Waals surface area contributed by atoms with Crippen LogP contribution in [0.5, 0.6) is 0 Å². The summed E-state index contributed by atoms with van der Waals surface area (Å²) < 4.78 is 4.69. The van der Waals surface area contributed by atoms with Gasteiger partial charge in [0.15, 0.2) is 0 Å². The number of halogens is 1. The number of carbonyl (C=O) groups excluding carboxylic acids is 2. The Kier molecular flexibility index (Phi) is 2.91. The van der Waals surface area contributed by atoms with E-state index in [1.54, 1.807) is 30.3 Å². The van der Waals surface area contributed by atoms with Crippen LogP contribution < -0.4 is 5.73 Å². The van der Waals surface area contributed by atoms with Crippen molar-refractivity contribution in [2.75, 3.05) is 5.88 Å². The molecule has 0 fully saturated rings. The zero-order valence-electron chi connectivity index (χ0n) is 10.2. The number of amidine groups is 1. The molecule has 0 spiro atoms. The number of hydrogen-bond acceptors (Lipinski definition) is 4. The maximum absolute atomic E-state index is 11.7. The van der Waals surface area contributed by atoms with Crippen LogP contribution in [-0.4, -0.2) is 23.7 Å². The van der Waals surface area contributed by atoms with E-state index in [4.69, 9.17) is 17.3 Å². The highest BCUT2D eigenvalue weighted by atomic mass is 35.5. The second-order valence-electron chi connectivity index (χ2n) is 4.27. The summed E-state index contributed by atoms with van der Waals surface area (Å²) in [6, 6.07) is 8.31. The molecular formula is C14H9ClN2O3. The van der Waals surface area contributed by atoms with Gasteiger partial charge in [-0.05, 0) is 18.2 Å². The number of hydrogen-bond donors (Lipinski definition) is 1. The number of cyclic esters (lactones) is 2. The number of nitrogens with zero attached hydrogens (tertiary/aromatic N) is 1. The van der Waals surface area contributed by atoms with Gasteiger partial charge in [0.1, 0.15) is 5.84 Å². The Morgan fingerprint density at radius 3 is 2.55 bits per heavy atom. The third kappa shape index (κ3) is 1.83. The van der Waals surface area contributed by atoms with E-state index in [-0.39, 0.29) is 11.7 Å². The van der Waals surface area contributed by atoms with E-state index in [9.17, 15) is 9.59 Å². The molecule has 0 radical (unpaired) electrons. The van der Waals surface area contributed by atoms with Gasteiger partial charge in [-0.3, -0.25) is 0 Å². The third-order valence-corrected chi connectivity index (χ3v) is 3.32. The normalized spacial score (nSPS) is 14.6. The summed E-state index contributed by atoms with van der Waals surface area (Å²) in [5.74, 6) is -0.944. The molecule has 100 valence electrons. The SMILES string of the molecule is NC(CCl)=Nc1ccc2c3c(cccc13)C(=O)OC2=O. The van der Waals surface area contributed by atoms with Gasteiger partial charge in [0, 0.05) is 10.8 Å². The Hall–Kier alpha value is -2.40. The fourth-order valence-corrected chi connectivity index (χ4v) is 2.27. The Bertz CT molecular complexity index is 763. The minimum Gasteiger partial charge on any atom is -0.386 e.